The normalized spacial score (nSPS) is 12.6. The zero-order chi connectivity index (χ0) is 22.5. The molecular weight excluding hydrogens is 386 g/mol. The molecule has 0 unspecified atom stereocenters. The minimum Gasteiger partial charge on any atom is -0.423 e. The molecular formula is C22H28BFN2O4. The Morgan fingerprint density at radius 2 is 1.80 bits per heavy atom. The van der Waals surface area contributed by atoms with Crippen molar-refractivity contribution in [3.8, 4) is 0 Å². The first-order valence-electron chi connectivity index (χ1n) is 9.96. The number of nitrogens with one attached hydrogen (secondary N) is 1. The van der Waals surface area contributed by atoms with Crippen molar-refractivity contribution in [2.45, 2.75) is 41.2 Å². The lowest BCUT2D eigenvalue weighted by Crippen LogP contribution is -2.50. The van der Waals surface area contributed by atoms with Gasteiger partial charge < -0.3 is 9.68 Å². The monoisotopic (exact) mass is 414 g/mol. The average molecular weight is 414 g/mol. The molecule has 0 bridgehead atoms. The number of amides is 2. The number of nitrogens with zero attached hydrogens (tertiary/aromatic N) is 1. The summed E-state index contributed by atoms with van der Waals surface area (Å²) in [7, 11) is -1.40. The number of benzene rings is 2. The second-order valence-corrected chi connectivity index (χ2v) is 7.92. The molecule has 1 heterocycles. The second-order valence-electron chi connectivity index (χ2n) is 7.92. The van der Waals surface area contributed by atoms with E-state index in [0.717, 1.165) is 0 Å². The van der Waals surface area contributed by atoms with Crippen LogP contribution in [0.2, 0.25) is 0 Å². The fourth-order valence-electron chi connectivity index (χ4n) is 3.01. The van der Waals surface area contributed by atoms with Crippen LogP contribution in [-0.2, 0) is 11.3 Å². The van der Waals surface area contributed by atoms with E-state index in [2.05, 4.69) is 5.43 Å². The van der Waals surface area contributed by atoms with Crippen LogP contribution in [0.25, 0.3) is 0 Å². The van der Waals surface area contributed by atoms with E-state index >= 15 is 0 Å². The maximum atomic E-state index is 14.8. The number of fused-ring (bicyclic) bond motifs is 1. The highest BCUT2D eigenvalue weighted by Crippen LogP contribution is 2.18. The molecule has 0 saturated heterocycles. The number of carbonyl (C=O) groups is 2. The summed E-state index contributed by atoms with van der Waals surface area (Å²) < 4.78 is 19.8. The molecule has 0 fully saturated rings. The topological polar surface area (TPSA) is 78.9 Å². The molecule has 0 aliphatic carbocycles. The summed E-state index contributed by atoms with van der Waals surface area (Å²) >= 11 is 0. The summed E-state index contributed by atoms with van der Waals surface area (Å²) in [6.07, 6.45) is 0. The third-order valence-corrected chi connectivity index (χ3v) is 4.29. The molecule has 160 valence electrons. The van der Waals surface area contributed by atoms with Crippen molar-refractivity contribution in [2.75, 3.05) is 6.54 Å². The Labute approximate surface area is 177 Å². The van der Waals surface area contributed by atoms with E-state index in [1.54, 1.807) is 30.3 Å². The van der Waals surface area contributed by atoms with E-state index < -0.39 is 24.7 Å². The smallest absolute Gasteiger partial charge is 0.423 e. The van der Waals surface area contributed by atoms with Crippen molar-refractivity contribution >= 4 is 24.4 Å². The van der Waals surface area contributed by atoms with Crippen molar-refractivity contribution in [1.29, 1.82) is 0 Å². The van der Waals surface area contributed by atoms with Crippen LogP contribution in [0.4, 0.5) is 4.39 Å². The highest BCUT2D eigenvalue weighted by atomic mass is 19.1. The molecule has 2 aromatic rings. The lowest BCUT2D eigenvalue weighted by molar-refractivity contribution is 0.0507. The SMILES string of the molecule is CC.CC(C)(C)CN(NC(=O)c1ccc2c(c1F)B(O)OC2)C(=O)c1ccccc1. The molecule has 3 rings (SSSR count). The molecule has 2 N–H and O–H groups in total. The maximum absolute atomic E-state index is 14.8. The molecule has 0 spiro atoms. The number of hydrogen-bond acceptors (Lipinski definition) is 4. The van der Waals surface area contributed by atoms with Gasteiger partial charge in [0.05, 0.1) is 12.2 Å². The van der Waals surface area contributed by atoms with Gasteiger partial charge in [-0.25, -0.2) is 9.40 Å². The first-order valence-corrected chi connectivity index (χ1v) is 9.96. The molecule has 0 atom stereocenters. The minimum absolute atomic E-state index is 0.0376. The first kappa shape index (κ1) is 23.6. The van der Waals surface area contributed by atoms with Crippen molar-refractivity contribution in [2.24, 2.45) is 5.41 Å². The molecule has 0 radical (unpaired) electrons. The summed E-state index contributed by atoms with van der Waals surface area (Å²) in [5.74, 6) is -2.01. The quantitative estimate of drug-likeness (QED) is 0.598. The predicted octanol–water partition coefficient (Wildman–Crippen LogP) is 2.90. The second kappa shape index (κ2) is 9.87. The van der Waals surface area contributed by atoms with Crippen molar-refractivity contribution in [3.05, 3.63) is 65.0 Å². The predicted molar refractivity (Wildman–Crippen MR) is 115 cm³/mol. The van der Waals surface area contributed by atoms with Gasteiger partial charge in [0, 0.05) is 17.6 Å². The third-order valence-electron chi connectivity index (χ3n) is 4.29. The fraction of sp³-hybridized carbons (Fsp3) is 0.364. The Hall–Kier alpha value is -2.71. The van der Waals surface area contributed by atoms with Gasteiger partial charge in [0.2, 0.25) is 0 Å². The molecule has 1 aliphatic heterocycles. The zero-order valence-electron chi connectivity index (χ0n) is 18.0. The highest BCUT2D eigenvalue weighted by Gasteiger charge is 2.34. The largest absolute Gasteiger partial charge is 0.494 e. The number of halogens is 1. The van der Waals surface area contributed by atoms with Gasteiger partial charge in [0.15, 0.2) is 0 Å². The molecule has 2 aromatic carbocycles. The van der Waals surface area contributed by atoms with Gasteiger partial charge in [-0.2, -0.15) is 0 Å². The van der Waals surface area contributed by atoms with Crippen LogP contribution in [0.1, 0.15) is 60.9 Å². The van der Waals surface area contributed by atoms with Gasteiger partial charge in [-0.15, -0.1) is 0 Å². The number of hydrazine groups is 1. The van der Waals surface area contributed by atoms with E-state index in [4.69, 9.17) is 4.65 Å². The Morgan fingerprint density at radius 1 is 1.17 bits per heavy atom. The summed E-state index contributed by atoms with van der Waals surface area (Å²) in [6.45, 7) is 10.1. The van der Waals surface area contributed by atoms with Crippen LogP contribution >= 0.6 is 0 Å². The summed E-state index contributed by atoms with van der Waals surface area (Å²) in [6, 6.07) is 11.4. The molecule has 1 aliphatic rings. The van der Waals surface area contributed by atoms with Gasteiger partial charge in [-0.1, -0.05) is 58.9 Å². The molecule has 2 amide bonds. The first-order chi connectivity index (χ1) is 14.2. The van der Waals surface area contributed by atoms with Crippen LogP contribution in [0.3, 0.4) is 0 Å². The zero-order valence-corrected chi connectivity index (χ0v) is 18.0. The van der Waals surface area contributed by atoms with E-state index in [0.29, 0.717) is 11.1 Å². The molecule has 8 heteroatoms. The van der Waals surface area contributed by atoms with Gasteiger partial charge in [0.25, 0.3) is 11.8 Å². The Balaban J connectivity index is 0.00000155. The van der Waals surface area contributed by atoms with E-state index in [-0.39, 0.29) is 29.6 Å². The number of rotatable bonds is 3. The van der Waals surface area contributed by atoms with Crippen molar-refractivity contribution in [1.82, 2.24) is 10.4 Å². The van der Waals surface area contributed by atoms with Crippen LogP contribution < -0.4 is 10.9 Å². The maximum Gasteiger partial charge on any atom is 0.494 e. The fourth-order valence-corrected chi connectivity index (χ4v) is 3.01. The molecule has 30 heavy (non-hydrogen) atoms. The minimum atomic E-state index is -1.40. The van der Waals surface area contributed by atoms with Crippen LogP contribution in [0.15, 0.2) is 42.5 Å². The third kappa shape index (κ3) is 5.46. The molecule has 6 nitrogen and oxygen atoms in total. The highest BCUT2D eigenvalue weighted by molar-refractivity contribution is 6.61. The summed E-state index contributed by atoms with van der Waals surface area (Å²) in [5, 5.41) is 11.0. The Morgan fingerprint density at radius 3 is 2.40 bits per heavy atom. The number of hydrogen-bond donors (Lipinski definition) is 2. The van der Waals surface area contributed by atoms with Crippen LogP contribution in [0.5, 0.6) is 0 Å². The summed E-state index contributed by atoms with van der Waals surface area (Å²) in [4.78, 5) is 25.6. The van der Waals surface area contributed by atoms with Gasteiger partial charge in [-0.05, 0) is 29.2 Å². The van der Waals surface area contributed by atoms with Crippen LogP contribution in [0, 0.1) is 11.2 Å². The van der Waals surface area contributed by atoms with Gasteiger partial charge in [0.1, 0.15) is 5.82 Å². The average Bonchev–Trinajstić information content (AvgIpc) is 3.10. The van der Waals surface area contributed by atoms with Crippen molar-refractivity contribution in [3.63, 3.8) is 0 Å². The van der Waals surface area contributed by atoms with E-state index in [9.17, 15) is 19.0 Å². The van der Waals surface area contributed by atoms with E-state index in [1.807, 2.05) is 34.6 Å². The Kier molecular flexibility index (Phi) is 7.75. The van der Waals surface area contributed by atoms with Gasteiger partial charge >= 0.3 is 7.12 Å². The lowest BCUT2D eigenvalue weighted by Gasteiger charge is -2.30. The molecule has 0 saturated carbocycles. The molecule has 0 aromatic heterocycles. The van der Waals surface area contributed by atoms with Gasteiger partial charge in [-0.3, -0.25) is 15.0 Å². The van der Waals surface area contributed by atoms with Crippen molar-refractivity contribution < 1.29 is 23.7 Å². The van der Waals surface area contributed by atoms with Crippen LogP contribution in [-0.4, -0.2) is 35.5 Å². The Bertz CT molecular complexity index is 900. The number of carbonyl (C=O) groups excluding carboxylic acids is 2. The lowest BCUT2D eigenvalue weighted by atomic mass is 9.78. The summed E-state index contributed by atoms with van der Waals surface area (Å²) in [5.41, 5.74) is 2.81. The van der Waals surface area contributed by atoms with E-state index in [1.165, 1.54) is 17.1 Å². The standard InChI is InChI=1S/C20H22BFN2O4.C2H6/c1-20(2,3)12-24(19(26)13-7-5-4-6-8-13)23-18(25)15-10-9-14-11-28-21(27)16(14)17(15)22;1-2/h4-10,27H,11-12H2,1-3H3,(H,23,25);1-2H3.